The summed E-state index contributed by atoms with van der Waals surface area (Å²) in [6, 6.07) is 17.6. The van der Waals surface area contributed by atoms with Crippen molar-refractivity contribution in [3.63, 3.8) is 0 Å². The van der Waals surface area contributed by atoms with Crippen LogP contribution in [0.15, 0.2) is 66.7 Å². The summed E-state index contributed by atoms with van der Waals surface area (Å²) in [7, 11) is 0. The normalized spacial score (nSPS) is 11.3. The fourth-order valence-corrected chi connectivity index (χ4v) is 4.01. The number of aromatic nitrogens is 5. The van der Waals surface area contributed by atoms with Crippen molar-refractivity contribution < 1.29 is 13.9 Å². The standard InChI is InChI=1S/C25H19F2N5OS/c26-18-7-2-15(3-8-18)22-23(16-4-9-19(27)10-5-16)29-21-14-17(6-11-20(21)28-22)24-30-31-25(34)32(24)12-1-13-33/h2-11,14,33H,1,12-13H2,(H,31,34). The van der Waals surface area contributed by atoms with Gasteiger partial charge < -0.3 is 9.67 Å². The second-order valence-corrected chi connectivity index (χ2v) is 8.11. The minimum absolute atomic E-state index is 0.0444. The molecule has 5 rings (SSSR count). The van der Waals surface area contributed by atoms with Crippen LogP contribution in [0.5, 0.6) is 0 Å². The summed E-state index contributed by atoms with van der Waals surface area (Å²) in [6.45, 7) is 0.567. The summed E-state index contributed by atoms with van der Waals surface area (Å²) < 4.78 is 29.4. The number of halogens is 2. The lowest BCUT2D eigenvalue weighted by Gasteiger charge is -2.12. The number of benzene rings is 3. The van der Waals surface area contributed by atoms with Gasteiger partial charge in [0.05, 0.1) is 22.4 Å². The van der Waals surface area contributed by atoms with Crippen LogP contribution in [0.3, 0.4) is 0 Å². The molecule has 2 N–H and O–H groups in total. The van der Waals surface area contributed by atoms with Gasteiger partial charge in [-0.05, 0) is 85.4 Å². The smallest absolute Gasteiger partial charge is 0.195 e. The number of H-pyrrole nitrogens is 1. The van der Waals surface area contributed by atoms with Crippen molar-refractivity contribution in [3.8, 4) is 33.9 Å². The van der Waals surface area contributed by atoms with Gasteiger partial charge in [0.25, 0.3) is 0 Å². The Labute approximate surface area is 198 Å². The molecule has 170 valence electrons. The van der Waals surface area contributed by atoms with Gasteiger partial charge in [0.2, 0.25) is 0 Å². The number of aliphatic hydroxyl groups excluding tert-OH is 1. The van der Waals surface area contributed by atoms with Crippen LogP contribution in [0.2, 0.25) is 0 Å². The Morgan fingerprint density at radius 2 is 1.35 bits per heavy atom. The van der Waals surface area contributed by atoms with Gasteiger partial charge in [0.1, 0.15) is 11.6 Å². The van der Waals surface area contributed by atoms with E-state index >= 15 is 0 Å². The molecule has 0 bridgehead atoms. The summed E-state index contributed by atoms with van der Waals surface area (Å²) in [5, 5.41) is 16.4. The summed E-state index contributed by atoms with van der Waals surface area (Å²) >= 11 is 5.34. The van der Waals surface area contributed by atoms with E-state index in [4.69, 9.17) is 22.2 Å². The third-order valence-corrected chi connectivity index (χ3v) is 5.77. The number of aromatic amines is 1. The maximum Gasteiger partial charge on any atom is 0.195 e. The van der Waals surface area contributed by atoms with E-state index in [0.29, 0.717) is 57.1 Å². The molecule has 0 aliphatic carbocycles. The zero-order valence-electron chi connectivity index (χ0n) is 17.9. The van der Waals surface area contributed by atoms with Gasteiger partial charge >= 0.3 is 0 Å². The predicted octanol–water partition coefficient (Wildman–Crippen LogP) is 5.55. The van der Waals surface area contributed by atoms with Crippen molar-refractivity contribution in [1.29, 1.82) is 0 Å². The van der Waals surface area contributed by atoms with Gasteiger partial charge in [-0.15, -0.1) is 0 Å². The van der Waals surface area contributed by atoms with Crippen LogP contribution in [0.25, 0.3) is 44.9 Å². The van der Waals surface area contributed by atoms with Gasteiger partial charge in [-0.25, -0.2) is 18.7 Å². The summed E-state index contributed by atoms with van der Waals surface area (Å²) in [4.78, 5) is 9.69. The maximum absolute atomic E-state index is 13.6. The molecule has 0 saturated heterocycles. The highest BCUT2D eigenvalue weighted by molar-refractivity contribution is 7.71. The number of hydrogen-bond acceptors (Lipinski definition) is 5. The minimum Gasteiger partial charge on any atom is -0.396 e. The molecule has 0 spiro atoms. The van der Waals surface area contributed by atoms with Gasteiger partial charge in [-0.1, -0.05) is 0 Å². The third kappa shape index (κ3) is 4.23. The summed E-state index contributed by atoms with van der Waals surface area (Å²) in [5.41, 5.74) is 4.55. The number of nitrogens with one attached hydrogen (secondary N) is 1. The Morgan fingerprint density at radius 1 is 0.794 bits per heavy atom. The van der Waals surface area contributed by atoms with E-state index in [1.807, 2.05) is 22.8 Å². The average molecular weight is 476 g/mol. The van der Waals surface area contributed by atoms with Crippen molar-refractivity contribution in [2.75, 3.05) is 6.61 Å². The van der Waals surface area contributed by atoms with Crippen molar-refractivity contribution >= 4 is 23.3 Å². The van der Waals surface area contributed by atoms with Gasteiger partial charge in [-0.2, -0.15) is 5.10 Å². The highest BCUT2D eigenvalue weighted by Gasteiger charge is 2.16. The van der Waals surface area contributed by atoms with Crippen molar-refractivity contribution in [3.05, 3.63) is 83.1 Å². The van der Waals surface area contributed by atoms with E-state index in [1.165, 1.54) is 24.3 Å². The zero-order valence-corrected chi connectivity index (χ0v) is 18.7. The van der Waals surface area contributed by atoms with Crippen molar-refractivity contribution in [2.24, 2.45) is 0 Å². The summed E-state index contributed by atoms with van der Waals surface area (Å²) in [5.74, 6) is -0.0676. The van der Waals surface area contributed by atoms with E-state index in [1.54, 1.807) is 24.3 Å². The first-order valence-corrected chi connectivity index (χ1v) is 11.0. The second kappa shape index (κ2) is 9.20. The van der Waals surface area contributed by atoms with E-state index in [0.717, 1.165) is 5.56 Å². The van der Waals surface area contributed by atoms with Crippen LogP contribution in [0.1, 0.15) is 6.42 Å². The molecule has 0 atom stereocenters. The summed E-state index contributed by atoms with van der Waals surface area (Å²) in [6.07, 6.45) is 0.546. The fraction of sp³-hybridized carbons (Fsp3) is 0.120. The van der Waals surface area contributed by atoms with Crippen LogP contribution in [-0.2, 0) is 6.54 Å². The molecule has 34 heavy (non-hydrogen) atoms. The molecule has 5 aromatic rings. The lowest BCUT2D eigenvalue weighted by Crippen LogP contribution is -2.03. The van der Waals surface area contributed by atoms with Gasteiger partial charge in [-0.3, -0.25) is 5.10 Å². The van der Waals surface area contributed by atoms with Gasteiger partial charge in [0.15, 0.2) is 10.6 Å². The molecule has 6 nitrogen and oxygen atoms in total. The average Bonchev–Trinajstić information content (AvgIpc) is 3.22. The third-order valence-electron chi connectivity index (χ3n) is 5.46. The Hall–Kier alpha value is -3.82. The molecule has 2 heterocycles. The molecular weight excluding hydrogens is 456 g/mol. The molecule has 0 saturated carbocycles. The largest absolute Gasteiger partial charge is 0.396 e. The van der Waals surface area contributed by atoms with E-state index in [9.17, 15) is 13.9 Å². The lowest BCUT2D eigenvalue weighted by molar-refractivity contribution is 0.279. The van der Waals surface area contributed by atoms with E-state index in [-0.39, 0.29) is 18.2 Å². The lowest BCUT2D eigenvalue weighted by atomic mass is 10.0. The first-order chi connectivity index (χ1) is 16.5. The molecular formula is C25H19F2N5OS. The van der Waals surface area contributed by atoms with Crippen LogP contribution < -0.4 is 0 Å². The number of nitrogens with zero attached hydrogens (tertiary/aromatic N) is 4. The SMILES string of the molecule is OCCCn1c(-c2ccc3nc(-c4ccc(F)cc4)c(-c4ccc(F)cc4)nc3c2)n[nH]c1=S. The Morgan fingerprint density at radius 3 is 1.94 bits per heavy atom. The quantitative estimate of drug-likeness (QED) is 0.315. The maximum atomic E-state index is 13.6. The van der Waals surface area contributed by atoms with E-state index < -0.39 is 0 Å². The zero-order chi connectivity index (χ0) is 23.7. The number of aliphatic hydroxyl groups is 1. The Balaban J connectivity index is 1.69. The Kier molecular flexibility index (Phi) is 5.95. The first kappa shape index (κ1) is 22.0. The fourth-order valence-electron chi connectivity index (χ4n) is 3.79. The molecule has 0 fully saturated rings. The first-order valence-electron chi connectivity index (χ1n) is 10.6. The minimum atomic E-state index is -0.353. The molecule has 0 aliphatic rings. The molecule has 0 amide bonds. The molecule has 3 aromatic carbocycles. The monoisotopic (exact) mass is 475 g/mol. The van der Waals surface area contributed by atoms with Gasteiger partial charge in [0, 0.05) is 29.8 Å². The highest BCUT2D eigenvalue weighted by Crippen LogP contribution is 2.32. The molecule has 9 heteroatoms. The Bertz CT molecular complexity index is 1530. The van der Waals surface area contributed by atoms with Crippen LogP contribution in [0.4, 0.5) is 8.78 Å². The molecule has 2 aromatic heterocycles. The number of rotatable bonds is 6. The topological polar surface area (TPSA) is 79.6 Å². The molecule has 0 aliphatic heterocycles. The predicted molar refractivity (Wildman–Crippen MR) is 128 cm³/mol. The second-order valence-electron chi connectivity index (χ2n) is 7.72. The van der Waals surface area contributed by atoms with Crippen LogP contribution >= 0.6 is 12.2 Å². The number of fused-ring (bicyclic) bond motifs is 1. The van der Waals surface area contributed by atoms with Crippen molar-refractivity contribution in [1.82, 2.24) is 24.7 Å². The van der Waals surface area contributed by atoms with Crippen LogP contribution in [0, 0.1) is 16.4 Å². The van der Waals surface area contributed by atoms with E-state index in [2.05, 4.69) is 10.2 Å². The molecule has 0 unspecified atom stereocenters. The number of hydrogen-bond donors (Lipinski definition) is 2. The van der Waals surface area contributed by atoms with Crippen molar-refractivity contribution in [2.45, 2.75) is 13.0 Å². The molecule has 0 radical (unpaired) electrons. The highest BCUT2D eigenvalue weighted by atomic mass is 32.1. The van der Waals surface area contributed by atoms with Crippen LogP contribution in [-0.4, -0.2) is 36.4 Å².